The standard InChI is InChI=1S/C55H37NO/c1-55(2)47-22-10-7-19-41(47)42-29-27-36(33-48(42)55)56(50-24-13-15-34-14-3-4-16-37(34)50)49-23-11-8-17-38(49)35-26-28-40-39-18-5-6-20-43(39)53-44(46(40)32-35)30-31-52-54(53)45-21-9-12-25-51(45)57-52/h3-33H,1-2H3. The van der Waals surface area contributed by atoms with Crippen molar-refractivity contribution in [3.8, 4) is 22.3 Å². The lowest BCUT2D eigenvalue weighted by molar-refractivity contribution is 0.660. The molecule has 1 heterocycles. The van der Waals surface area contributed by atoms with Gasteiger partial charge in [-0.05, 0) is 109 Å². The Morgan fingerprint density at radius 3 is 1.91 bits per heavy atom. The summed E-state index contributed by atoms with van der Waals surface area (Å²) in [6.07, 6.45) is 0. The van der Waals surface area contributed by atoms with Crippen LogP contribution in [0.5, 0.6) is 0 Å². The van der Waals surface area contributed by atoms with Crippen LogP contribution in [0.25, 0.3) is 87.3 Å². The van der Waals surface area contributed by atoms with E-state index in [1.54, 1.807) is 0 Å². The quantitative estimate of drug-likeness (QED) is 0.168. The zero-order valence-electron chi connectivity index (χ0n) is 31.8. The summed E-state index contributed by atoms with van der Waals surface area (Å²) in [5.74, 6) is 0. The Bertz CT molecular complexity index is 3450. The third-order valence-electron chi connectivity index (χ3n) is 12.6. The normalized spacial score (nSPS) is 13.2. The molecule has 1 aromatic heterocycles. The van der Waals surface area contributed by atoms with E-state index in [2.05, 4.69) is 201 Å². The van der Waals surface area contributed by atoms with Gasteiger partial charge < -0.3 is 9.32 Å². The molecule has 0 saturated carbocycles. The van der Waals surface area contributed by atoms with Gasteiger partial charge in [0.2, 0.25) is 0 Å². The van der Waals surface area contributed by atoms with Gasteiger partial charge in [0.05, 0.1) is 11.4 Å². The number of hydrogen-bond acceptors (Lipinski definition) is 2. The third kappa shape index (κ3) is 4.59. The molecule has 0 unspecified atom stereocenters. The van der Waals surface area contributed by atoms with E-state index in [-0.39, 0.29) is 5.41 Å². The Kier molecular flexibility index (Phi) is 6.72. The molecule has 0 fully saturated rings. The molecule has 268 valence electrons. The number of rotatable bonds is 4. The Hall–Kier alpha value is -7.16. The number of hydrogen-bond donors (Lipinski definition) is 0. The Labute approximate surface area is 330 Å². The van der Waals surface area contributed by atoms with Crippen molar-refractivity contribution in [3.05, 3.63) is 199 Å². The summed E-state index contributed by atoms with van der Waals surface area (Å²) < 4.78 is 6.42. The average molecular weight is 728 g/mol. The van der Waals surface area contributed by atoms with E-state index in [0.717, 1.165) is 33.6 Å². The highest BCUT2D eigenvalue weighted by Gasteiger charge is 2.36. The van der Waals surface area contributed by atoms with Gasteiger partial charge in [-0.3, -0.25) is 0 Å². The molecule has 0 spiro atoms. The molecular weight excluding hydrogens is 691 g/mol. The van der Waals surface area contributed by atoms with E-state index in [0.29, 0.717) is 0 Å². The first-order valence-corrected chi connectivity index (χ1v) is 19.8. The fourth-order valence-electron chi connectivity index (χ4n) is 9.98. The second-order valence-electron chi connectivity index (χ2n) is 16.0. The van der Waals surface area contributed by atoms with Crippen LogP contribution in [-0.2, 0) is 5.41 Å². The minimum Gasteiger partial charge on any atom is -0.456 e. The molecule has 1 aliphatic carbocycles. The second-order valence-corrected chi connectivity index (χ2v) is 16.0. The summed E-state index contributed by atoms with van der Waals surface area (Å²) in [5.41, 5.74) is 12.9. The van der Waals surface area contributed by atoms with Crippen LogP contribution in [0.2, 0.25) is 0 Å². The minimum absolute atomic E-state index is 0.125. The lowest BCUT2D eigenvalue weighted by Crippen LogP contribution is -2.17. The van der Waals surface area contributed by atoms with Crippen LogP contribution in [0.4, 0.5) is 17.1 Å². The van der Waals surface area contributed by atoms with Crippen LogP contribution in [0.15, 0.2) is 192 Å². The topological polar surface area (TPSA) is 16.4 Å². The van der Waals surface area contributed by atoms with Crippen LogP contribution in [0, 0.1) is 0 Å². The molecule has 0 bridgehead atoms. The van der Waals surface area contributed by atoms with Crippen molar-refractivity contribution in [2.45, 2.75) is 19.3 Å². The number of furan rings is 1. The van der Waals surface area contributed by atoms with Crippen LogP contribution in [0.3, 0.4) is 0 Å². The molecular formula is C55H37NO. The summed E-state index contributed by atoms with van der Waals surface area (Å²) in [5, 5.41) is 12.2. The van der Waals surface area contributed by atoms with Crippen molar-refractivity contribution in [2.75, 3.05) is 4.90 Å². The molecule has 10 aromatic carbocycles. The Morgan fingerprint density at radius 1 is 0.386 bits per heavy atom. The molecule has 0 amide bonds. The predicted octanol–water partition coefficient (Wildman–Crippen LogP) is 15.6. The van der Waals surface area contributed by atoms with Gasteiger partial charge in [-0.2, -0.15) is 0 Å². The first kappa shape index (κ1) is 32.1. The van der Waals surface area contributed by atoms with Gasteiger partial charge in [-0.15, -0.1) is 0 Å². The fraction of sp³-hybridized carbons (Fsp3) is 0.0545. The van der Waals surface area contributed by atoms with E-state index in [9.17, 15) is 0 Å². The van der Waals surface area contributed by atoms with E-state index in [4.69, 9.17) is 4.42 Å². The molecule has 11 aromatic rings. The molecule has 2 nitrogen and oxygen atoms in total. The van der Waals surface area contributed by atoms with E-state index in [1.807, 2.05) is 6.07 Å². The third-order valence-corrected chi connectivity index (χ3v) is 12.6. The van der Waals surface area contributed by atoms with E-state index < -0.39 is 0 Å². The van der Waals surface area contributed by atoms with Crippen LogP contribution in [0.1, 0.15) is 25.0 Å². The maximum atomic E-state index is 6.42. The highest BCUT2D eigenvalue weighted by molar-refractivity contribution is 6.34. The summed E-state index contributed by atoms with van der Waals surface area (Å²) in [6.45, 7) is 4.72. The van der Waals surface area contributed by atoms with Gasteiger partial charge in [0, 0.05) is 38.2 Å². The first-order chi connectivity index (χ1) is 28.0. The van der Waals surface area contributed by atoms with Gasteiger partial charge in [0.15, 0.2) is 0 Å². The average Bonchev–Trinajstić information content (AvgIpc) is 3.76. The lowest BCUT2D eigenvalue weighted by Gasteiger charge is -2.30. The van der Waals surface area contributed by atoms with Crippen molar-refractivity contribution < 1.29 is 4.42 Å². The molecule has 0 aliphatic heterocycles. The van der Waals surface area contributed by atoms with Gasteiger partial charge in [0.1, 0.15) is 11.2 Å². The Morgan fingerprint density at radius 2 is 1.02 bits per heavy atom. The molecule has 57 heavy (non-hydrogen) atoms. The zero-order valence-corrected chi connectivity index (χ0v) is 31.8. The van der Waals surface area contributed by atoms with Crippen molar-refractivity contribution in [1.82, 2.24) is 0 Å². The predicted molar refractivity (Wildman–Crippen MR) is 241 cm³/mol. The molecule has 0 atom stereocenters. The lowest BCUT2D eigenvalue weighted by atomic mass is 9.82. The number of fused-ring (bicyclic) bond motifs is 14. The summed E-state index contributed by atoms with van der Waals surface area (Å²) >= 11 is 0. The molecule has 12 rings (SSSR count). The van der Waals surface area contributed by atoms with Crippen molar-refractivity contribution >= 4 is 82.1 Å². The van der Waals surface area contributed by atoms with Crippen LogP contribution < -0.4 is 4.90 Å². The highest BCUT2D eigenvalue weighted by Crippen LogP contribution is 2.52. The van der Waals surface area contributed by atoms with Crippen LogP contribution in [-0.4, -0.2) is 0 Å². The van der Waals surface area contributed by atoms with Gasteiger partial charge in [0.25, 0.3) is 0 Å². The smallest absolute Gasteiger partial charge is 0.136 e. The zero-order chi connectivity index (χ0) is 37.8. The van der Waals surface area contributed by atoms with Crippen molar-refractivity contribution in [2.24, 2.45) is 0 Å². The molecule has 0 radical (unpaired) electrons. The van der Waals surface area contributed by atoms with Gasteiger partial charge in [-0.25, -0.2) is 0 Å². The van der Waals surface area contributed by atoms with Crippen molar-refractivity contribution in [1.29, 1.82) is 0 Å². The summed E-state index contributed by atoms with van der Waals surface area (Å²) in [7, 11) is 0. The van der Waals surface area contributed by atoms with Gasteiger partial charge in [-0.1, -0.05) is 153 Å². The first-order valence-electron chi connectivity index (χ1n) is 19.8. The SMILES string of the molecule is CC1(C)c2ccccc2-c2ccc(N(c3ccccc3-c3ccc4c5ccccc5c5c(ccc6oc7ccccc7c65)c4c3)c3cccc4ccccc34)cc21. The van der Waals surface area contributed by atoms with E-state index in [1.165, 1.54) is 81.9 Å². The highest BCUT2D eigenvalue weighted by atomic mass is 16.3. The van der Waals surface area contributed by atoms with Crippen LogP contribution >= 0.6 is 0 Å². The Balaban J connectivity index is 1.13. The fourth-order valence-corrected chi connectivity index (χ4v) is 9.98. The maximum Gasteiger partial charge on any atom is 0.136 e. The number of nitrogens with zero attached hydrogens (tertiary/aromatic N) is 1. The minimum atomic E-state index is -0.125. The number of anilines is 3. The maximum absolute atomic E-state index is 6.42. The van der Waals surface area contributed by atoms with E-state index >= 15 is 0 Å². The van der Waals surface area contributed by atoms with Gasteiger partial charge >= 0.3 is 0 Å². The molecule has 2 heteroatoms. The summed E-state index contributed by atoms with van der Waals surface area (Å²) in [4.78, 5) is 2.49. The number of para-hydroxylation sites is 2. The molecule has 1 aliphatic rings. The second kappa shape index (κ2) is 11.9. The van der Waals surface area contributed by atoms with Crippen molar-refractivity contribution in [3.63, 3.8) is 0 Å². The number of benzene rings is 10. The molecule has 0 N–H and O–H groups in total. The monoisotopic (exact) mass is 727 g/mol. The largest absolute Gasteiger partial charge is 0.456 e. The summed E-state index contributed by atoms with van der Waals surface area (Å²) in [6, 6.07) is 69.0. The molecule has 0 saturated heterocycles.